The molecule has 0 saturated heterocycles. The van der Waals surface area contributed by atoms with Gasteiger partial charge in [0.05, 0.1) is 12.1 Å². The van der Waals surface area contributed by atoms with Gasteiger partial charge < -0.3 is 9.47 Å². The van der Waals surface area contributed by atoms with Gasteiger partial charge >= 0.3 is 0 Å². The quantitative estimate of drug-likeness (QED) is 0.845. The second-order valence-electron chi connectivity index (χ2n) is 4.28. The molecular weight excluding hydrogens is 344 g/mol. The number of hydrogen-bond acceptors (Lipinski definition) is 6. The molecule has 0 aliphatic rings. The lowest BCUT2D eigenvalue weighted by Gasteiger charge is -2.10. The fourth-order valence-corrected chi connectivity index (χ4v) is 2.65. The van der Waals surface area contributed by atoms with E-state index in [0.29, 0.717) is 11.5 Å². The highest BCUT2D eigenvalue weighted by Crippen LogP contribution is 2.25. The van der Waals surface area contributed by atoms with E-state index in [9.17, 15) is 13.2 Å². The van der Waals surface area contributed by atoms with E-state index in [0.717, 1.165) is 0 Å². The third-order valence-corrected chi connectivity index (χ3v) is 4.16. The highest BCUT2D eigenvalue weighted by molar-refractivity contribution is 7.90. The molecule has 7 nitrogen and oxygen atoms in total. The molecule has 1 N–H and O–H groups in total. The van der Waals surface area contributed by atoms with E-state index in [-0.39, 0.29) is 10.0 Å². The van der Waals surface area contributed by atoms with E-state index < -0.39 is 22.5 Å². The number of ether oxygens (including phenoxy) is 2. The van der Waals surface area contributed by atoms with Gasteiger partial charge in [0, 0.05) is 6.20 Å². The summed E-state index contributed by atoms with van der Waals surface area (Å²) >= 11 is 5.64. The second-order valence-corrected chi connectivity index (χ2v) is 6.35. The largest absolute Gasteiger partial charge is 0.493 e. The smallest absolute Gasteiger partial charge is 0.281 e. The van der Waals surface area contributed by atoms with Gasteiger partial charge in [0.15, 0.2) is 23.1 Å². The Bertz CT molecular complexity index is 793. The van der Waals surface area contributed by atoms with Crippen molar-refractivity contribution in [3.8, 4) is 11.5 Å². The van der Waals surface area contributed by atoms with Crippen molar-refractivity contribution in [3.63, 3.8) is 0 Å². The summed E-state index contributed by atoms with van der Waals surface area (Å²) in [7, 11) is -2.62. The summed E-state index contributed by atoms with van der Waals surface area (Å²) < 4.78 is 36.1. The van der Waals surface area contributed by atoms with E-state index in [1.807, 2.05) is 4.72 Å². The lowest BCUT2D eigenvalue weighted by atomic mass is 10.3. The number of carbonyl (C=O) groups is 1. The zero-order valence-corrected chi connectivity index (χ0v) is 13.6. The summed E-state index contributed by atoms with van der Waals surface area (Å²) in [6.07, 6.45) is 1.17. The Hall–Kier alpha value is -2.32. The SMILES string of the molecule is COc1ccccc1OCC(=O)NS(=O)(=O)c1ccc(Cl)cn1. The number of aromatic nitrogens is 1. The molecule has 1 amide bonds. The maximum atomic E-state index is 12.0. The number of hydrogen-bond donors (Lipinski definition) is 1. The number of nitrogens with one attached hydrogen (secondary N) is 1. The number of pyridine rings is 1. The maximum absolute atomic E-state index is 12.0. The van der Waals surface area contributed by atoms with Crippen LogP contribution in [0.25, 0.3) is 0 Å². The van der Waals surface area contributed by atoms with Crippen LogP contribution in [-0.2, 0) is 14.8 Å². The zero-order valence-electron chi connectivity index (χ0n) is 12.0. The fourth-order valence-electron chi connectivity index (χ4n) is 1.63. The van der Waals surface area contributed by atoms with Crippen molar-refractivity contribution in [1.82, 2.24) is 9.71 Å². The van der Waals surface area contributed by atoms with E-state index in [2.05, 4.69) is 4.98 Å². The first-order valence-electron chi connectivity index (χ1n) is 6.35. The minimum atomic E-state index is -4.08. The third-order valence-electron chi connectivity index (χ3n) is 2.65. The monoisotopic (exact) mass is 356 g/mol. The number of nitrogens with zero attached hydrogens (tertiary/aromatic N) is 1. The molecule has 23 heavy (non-hydrogen) atoms. The molecule has 0 bridgehead atoms. The number of halogens is 1. The number of rotatable bonds is 6. The van der Waals surface area contributed by atoms with Gasteiger partial charge in [-0.3, -0.25) is 4.79 Å². The Labute approximate surface area is 138 Å². The molecule has 1 aromatic heterocycles. The Morgan fingerprint density at radius 3 is 2.52 bits per heavy atom. The molecule has 0 atom stereocenters. The summed E-state index contributed by atoms with van der Waals surface area (Å²) in [6.45, 7) is -0.493. The summed E-state index contributed by atoms with van der Waals surface area (Å²) in [5, 5.41) is -0.0256. The highest BCUT2D eigenvalue weighted by Gasteiger charge is 2.19. The molecule has 2 aromatic rings. The van der Waals surface area contributed by atoms with Gasteiger partial charge in [-0.1, -0.05) is 23.7 Å². The van der Waals surface area contributed by atoms with Crippen LogP contribution < -0.4 is 14.2 Å². The minimum absolute atomic E-state index is 0.287. The molecule has 0 aliphatic carbocycles. The van der Waals surface area contributed by atoms with Crippen LogP contribution in [0.2, 0.25) is 5.02 Å². The average Bonchev–Trinajstić information content (AvgIpc) is 2.53. The van der Waals surface area contributed by atoms with Crippen LogP contribution in [0, 0.1) is 0 Å². The molecule has 0 spiro atoms. The summed E-state index contributed by atoms with van der Waals surface area (Å²) in [5.74, 6) is -0.0812. The summed E-state index contributed by atoms with van der Waals surface area (Å²) in [6, 6.07) is 9.24. The Morgan fingerprint density at radius 2 is 1.91 bits per heavy atom. The molecular formula is C14H13ClN2O5S. The van der Waals surface area contributed by atoms with Gasteiger partial charge in [0.25, 0.3) is 15.9 Å². The number of benzene rings is 1. The molecule has 0 unspecified atom stereocenters. The van der Waals surface area contributed by atoms with Crippen molar-refractivity contribution in [2.24, 2.45) is 0 Å². The van der Waals surface area contributed by atoms with E-state index >= 15 is 0 Å². The van der Waals surface area contributed by atoms with E-state index in [4.69, 9.17) is 21.1 Å². The van der Waals surface area contributed by atoms with Crippen molar-refractivity contribution in [1.29, 1.82) is 0 Å². The fraction of sp³-hybridized carbons (Fsp3) is 0.143. The molecule has 122 valence electrons. The first kappa shape index (κ1) is 17.0. The predicted molar refractivity (Wildman–Crippen MR) is 83.1 cm³/mol. The molecule has 1 aromatic carbocycles. The van der Waals surface area contributed by atoms with E-state index in [1.54, 1.807) is 24.3 Å². The molecule has 1 heterocycles. The van der Waals surface area contributed by atoms with Crippen LogP contribution in [0.3, 0.4) is 0 Å². The van der Waals surface area contributed by atoms with Crippen molar-refractivity contribution in [2.75, 3.05) is 13.7 Å². The van der Waals surface area contributed by atoms with Gasteiger partial charge in [-0.05, 0) is 24.3 Å². The first-order valence-corrected chi connectivity index (χ1v) is 8.21. The van der Waals surface area contributed by atoms with Crippen LogP contribution in [0.5, 0.6) is 11.5 Å². The van der Waals surface area contributed by atoms with Crippen LogP contribution in [0.15, 0.2) is 47.6 Å². The maximum Gasteiger partial charge on any atom is 0.281 e. The lowest BCUT2D eigenvalue weighted by molar-refractivity contribution is -0.121. The van der Waals surface area contributed by atoms with E-state index in [1.165, 1.54) is 25.4 Å². The molecule has 0 fully saturated rings. The molecule has 0 radical (unpaired) electrons. The van der Waals surface area contributed by atoms with Crippen molar-refractivity contribution < 1.29 is 22.7 Å². The Balaban J connectivity index is 2.00. The van der Waals surface area contributed by atoms with Gasteiger partial charge in [-0.2, -0.15) is 8.42 Å². The normalized spacial score (nSPS) is 10.9. The Morgan fingerprint density at radius 1 is 1.22 bits per heavy atom. The van der Waals surface area contributed by atoms with Crippen molar-refractivity contribution in [3.05, 3.63) is 47.6 Å². The molecule has 2 rings (SSSR count). The number of para-hydroxylation sites is 2. The first-order chi connectivity index (χ1) is 10.9. The molecule has 0 saturated carbocycles. The van der Waals surface area contributed by atoms with Gasteiger partial charge in [-0.15, -0.1) is 0 Å². The summed E-state index contributed by atoms with van der Waals surface area (Å²) in [4.78, 5) is 15.4. The number of sulfonamides is 1. The van der Waals surface area contributed by atoms with Crippen LogP contribution in [0.1, 0.15) is 0 Å². The second kappa shape index (κ2) is 7.30. The predicted octanol–water partition coefficient (Wildman–Crippen LogP) is 1.63. The van der Waals surface area contributed by atoms with Crippen molar-refractivity contribution in [2.45, 2.75) is 5.03 Å². The highest BCUT2D eigenvalue weighted by atomic mass is 35.5. The minimum Gasteiger partial charge on any atom is -0.493 e. The molecule has 0 aliphatic heterocycles. The Kier molecular flexibility index (Phi) is 5.41. The average molecular weight is 357 g/mol. The zero-order chi connectivity index (χ0) is 16.9. The van der Waals surface area contributed by atoms with Gasteiger partial charge in [0.2, 0.25) is 0 Å². The van der Waals surface area contributed by atoms with Gasteiger partial charge in [0.1, 0.15) is 0 Å². The van der Waals surface area contributed by atoms with Gasteiger partial charge in [-0.25, -0.2) is 9.71 Å². The van der Waals surface area contributed by atoms with Crippen LogP contribution >= 0.6 is 11.6 Å². The topological polar surface area (TPSA) is 94.6 Å². The third kappa shape index (κ3) is 4.57. The standard InChI is InChI=1S/C14H13ClN2O5S/c1-21-11-4-2-3-5-12(11)22-9-13(18)17-23(19,20)14-7-6-10(15)8-16-14/h2-8H,9H2,1H3,(H,17,18). The number of methoxy groups -OCH3 is 1. The van der Waals surface area contributed by atoms with Crippen molar-refractivity contribution >= 4 is 27.5 Å². The summed E-state index contributed by atoms with van der Waals surface area (Å²) in [5.41, 5.74) is 0. The number of carbonyl (C=O) groups excluding carboxylic acids is 1. The van der Waals surface area contributed by atoms with Crippen LogP contribution in [0.4, 0.5) is 0 Å². The van der Waals surface area contributed by atoms with Crippen LogP contribution in [-0.4, -0.2) is 33.0 Å². The molecule has 9 heteroatoms. The lowest BCUT2D eigenvalue weighted by Crippen LogP contribution is -2.34. The number of amides is 1.